The molecule has 0 saturated carbocycles. The van der Waals surface area contributed by atoms with Gasteiger partial charge in [0.15, 0.2) is 0 Å². The van der Waals surface area contributed by atoms with Gasteiger partial charge in [-0.05, 0) is 25.5 Å². The van der Waals surface area contributed by atoms with Crippen LogP contribution in [0, 0.1) is 6.92 Å². The van der Waals surface area contributed by atoms with Gasteiger partial charge in [-0.15, -0.1) is 0 Å². The van der Waals surface area contributed by atoms with Crippen LogP contribution in [0.5, 0.6) is 0 Å². The Morgan fingerprint density at radius 1 is 1.29 bits per heavy atom. The quantitative estimate of drug-likeness (QED) is 0.837. The molecule has 0 bridgehead atoms. The number of para-hydroxylation sites is 1. The van der Waals surface area contributed by atoms with Gasteiger partial charge < -0.3 is 15.1 Å². The summed E-state index contributed by atoms with van der Waals surface area (Å²) >= 11 is 0. The van der Waals surface area contributed by atoms with E-state index in [2.05, 4.69) is 0 Å². The van der Waals surface area contributed by atoms with E-state index in [0.717, 1.165) is 5.56 Å². The summed E-state index contributed by atoms with van der Waals surface area (Å²) in [6.45, 7) is 3.53. The molecule has 0 aliphatic carbocycles. The minimum atomic E-state index is -0.959. The van der Waals surface area contributed by atoms with Gasteiger partial charge in [-0.25, -0.2) is 4.79 Å². The maximum Gasteiger partial charge on any atom is 0.324 e. The van der Waals surface area contributed by atoms with Crippen LogP contribution in [0.25, 0.3) is 0 Å². The van der Waals surface area contributed by atoms with Crippen molar-refractivity contribution in [3.8, 4) is 0 Å². The molecule has 21 heavy (non-hydrogen) atoms. The van der Waals surface area contributed by atoms with Gasteiger partial charge in [0.25, 0.3) is 0 Å². The fourth-order valence-electron chi connectivity index (χ4n) is 1.89. The van der Waals surface area contributed by atoms with Gasteiger partial charge >= 0.3 is 12.0 Å². The second kappa shape index (κ2) is 7.64. The van der Waals surface area contributed by atoms with E-state index in [9.17, 15) is 14.7 Å². The number of anilines is 1. The van der Waals surface area contributed by atoms with Crippen molar-refractivity contribution in [3.05, 3.63) is 29.8 Å². The van der Waals surface area contributed by atoms with E-state index >= 15 is 0 Å². The number of urea groups is 1. The number of amides is 2. The number of hydrogen-bond acceptors (Lipinski definition) is 3. The molecule has 0 spiro atoms. The largest absolute Gasteiger partial charge is 0.481 e. The molecule has 0 aromatic heterocycles. The lowest BCUT2D eigenvalue weighted by molar-refractivity contribution is -0.136. The predicted molar refractivity (Wildman–Crippen MR) is 80.5 cm³/mol. The van der Waals surface area contributed by atoms with Gasteiger partial charge in [-0.1, -0.05) is 18.2 Å². The lowest BCUT2D eigenvalue weighted by Gasteiger charge is -2.31. The number of benzene rings is 1. The summed E-state index contributed by atoms with van der Waals surface area (Å²) in [7, 11) is 1.59. The summed E-state index contributed by atoms with van der Waals surface area (Å²) in [6.07, 6.45) is -0.137. The normalized spacial score (nSPS) is 11.8. The standard InChI is InChI=1S/C15H22N2O4/c1-11-6-4-5-7-13(11)17(9-8-14(19)20)15(21)16(3)12(2)10-18/h4-7,12,18H,8-10H2,1-3H3,(H,19,20). The Morgan fingerprint density at radius 3 is 2.43 bits per heavy atom. The van der Waals surface area contributed by atoms with Crippen molar-refractivity contribution in [3.63, 3.8) is 0 Å². The molecule has 0 heterocycles. The van der Waals surface area contributed by atoms with E-state index in [1.165, 1.54) is 9.80 Å². The first-order valence-corrected chi connectivity index (χ1v) is 6.81. The predicted octanol–water partition coefficient (Wildman–Crippen LogP) is 1.71. The van der Waals surface area contributed by atoms with Crippen LogP contribution in [0.15, 0.2) is 24.3 Å². The van der Waals surface area contributed by atoms with Gasteiger partial charge in [0.1, 0.15) is 0 Å². The van der Waals surface area contributed by atoms with Crippen molar-refractivity contribution < 1.29 is 19.8 Å². The highest BCUT2D eigenvalue weighted by Gasteiger charge is 2.24. The molecule has 6 nitrogen and oxygen atoms in total. The summed E-state index contributed by atoms with van der Waals surface area (Å²) in [5.41, 5.74) is 1.57. The Kier molecular flexibility index (Phi) is 6.17. The van der Waals surface area contributed by atoms with Crippen molar-refractivity contribution in [1.29, 1.82) is 0 Å². The fraction of sp³-hybridized carbons (Fsp3) is 0.467. The van der Waals surface area contributed by atoms with Crippen LogP contribution >= 0.6 is 0 Å². The van der Waals surface area contributed by atoms with E-state index in [1.807, 2.05) is 19.1 Å². The fourth-order valence-corrected chi connectivity index (χ4v) is 1.89. The zero-order valence-electron chi connectivity index (χ0n) is 12.6. The Morgan fingerprint density at radius 2 is 1.90 bits per heavy atom. The Balaban J connectivity index is 3.05. The average molecular weight is 294 g/mol. The maximum atomic E-state index is 12.6. The minimum absolute atomic E-state index is 0.0848. The number of likely N-dealkylation sites (N-methyl/N-ethyl adjacent to an activating group) is 1. The molecule has 1 aromatic rings. The van der Waals surface area contributed by atoms with Crippen molar-refractivity contribution in [2.45, 2.75) is 26.3 Å². The highest BCUT2D eigenvalue weighted by molar-refractivity contribution is 5.93. The van der Waals surface area contributed by atoms with E-state index in [1.54, 1.807) is 26.1 Å². The molecule has 1 rings (SSSR count). The van der Waals surface area contributed by atoms with Gasteiger partial charge in [0, 0.05) is 19.3 Å². The molecule has 6 heteroatoms. The number of rotatable bonds is 6. The smallest absolute Gasteiger partial charge is 0.324 e. The van der Waals surface area contributed by atoms with Gasteiger partial charge in [-0.3, -0.25) is 9.69 Å². The van der Waals surface area contributed by atoms with Crippen LogP contribution in [0.2, 0.25) is 0 Å². The molecular formula is C15H22N2O4. The zero-order chi connectivity index (χ0) is 16.0. The molecule has 1 aromatic carbocycles. The van der Waals surface area contributed by atoms with Crippen LogP contribution in [0.3, 0.4) is 0 Å². The second-order valence-corrected chi connectivity index (χ2v) is 5.01. The first-order valence-electron chi connectivity index (χ1n) is 6.81. The van der Waals surface area contributed by atoms with Gasteiger partial charge in [-0.2, -0.15) is 0 Å². The molecule has 0 radical (unpaired) electrons. The number of nitrogens with zero attached hydrogens (tertiary/aromatic N) is 2. The van der Waals surface area contributed by atoms with Crippen molar-refractivity contribution in [2.24, 2.45) is 0 Å². The number of aryl methyl sites for hydroxylation is 1. The number of aliphatic carboxylic acids is 1. The monoisotopic (exact) mass is 294 g/mol. The lowest BCUT2D eigenvalue weighted by atomic mass is 10.1. The summed E-state index contributed by atoms with van der Waals surface area (Å²) in [4.78, 5) is 26.2. The number of aliphatic hydroxyl groups excluding tert-OH is 1. The maximum absolute atomic E-state index is 12.6. The first-order chi connectivity index (χ1) is 9.88. The third kappa shape index (κ3) is 4.46. The van der Waals surface area contributed by atoms with Crippen LogP contribution in [0.1, 0.15) is 18.9 Å². The first kappa shape index (κ1) is 17.0. The summed E-state index contributed by atoms with van der Waals surface area (Å²) in [6, 6.07) is 6.65. The summed E-state index contributed by atoms with van der Waals surface area (Å²) in [5, 5.41) is 18.0. The Labute approximate surface area is 124 Å². The molecule has 0 saturated heterocycles. The van der Waals surface area contributed by atoms with Gasteiger partial charge in [0.05, 0.1) is 19.1 Å². The molecule has 0 aliphatic heterocycles. The van der Waals surface area contributed by atoms with E-state index < -0.39 is 5.97 Å². The number of hydrogen-bond donors (Lipinski definition) is 2. The number of carboxylic acids is 1. The van der Waals surface area contributed by atoms with Gasteiger partial charge in [0.2, 0.25) is 0 Å². The molecule has 1 atom stereocenters. The second-order valence-electron chi connectivity index (χ2n) is 5.01. The summed E-state index contributed by atoms with van der Waals surface area (Å²) < 4.78 is 0. The number of carboxylic acid groups (broad SMARTS) is 1. The number of carbonyl (C=O) groups excluding carboxylic acids is 1. The molecule has 2 amide bonds. The van der Waals surface area contributed by atoms with E-state index in [4.69, 9.17) is 5.11 Å². The topological polar surface area (TPSA) is 81.1 Å². The highest BCUT2D eigenvalue weighted by Crippen LogP contribution is 2.21. The highest BCUT2D eigenvalue weighted by atomic mass is 16.4. The molecular weight excluding hydrogens is 272 g/mol. The molecule has 116 valence electrons. The molecule has 0 aliphatic rings. The third-order valence-electron chi connectivity index (χ3n) is 3.41. The van der Waals surface area contributed by atoms with Crippen molar-refractivity contribution >= 4 is 17.7 Å². The lowest BCUT2D eigenvalue weighted by Crippen LogP contribution is -2.47. The van der Waals surface area contributed by atoms with Crippen LogP contribution in [-0.4, -0.2) is 53.4 Å². The Hall–Kier alpha value is -2.08. The minimum Gasteiger partial charge on any atom is -0.481 e. The number of carbonyl (C=O) groups is 2. The molecule has 0 fully saturated rings. The van der Waals surface area contributed by atoms with E-state index in [0.29, 0.717) is 5.69 Å². The Bertz CT molecular complexity index is 504. The zero-order valence-corrected chi connectivity index (χ0v) is 12.6. The third-order valence-corrected chi connectivity index (χ3v) is 3.41. The summed E-state index contributed by atoms with van der Waals surface area (Å²) in [5.74, 6) is -0.959. The number of aliphatic hydroxyl groups is 1. The van der Waals surface area contributed by atoms with Crippen LogP contribution < -0.4 is 4.90 Å². The van der Waals surface area contributed by atoms with E-state index in [-0.39, 0.29) is 31.6 Å². The average Bonchev–Trinajstić information content (AvgIpc) is 2.46. The SMILES string of the molecule is Cc1ccccc1N(CCC(=O)O)C(=O)N(C)C(C)CO. The van der Waals surface area contributed by atoms with Crippen LogP contribution in [-0.2, 0) is 4.79 Å². The van der Waals surface area contributed by atoms with Crippen LogP contribution in [0.4, 0.5) is 10.5 Å². The van der Waals surface area contributed by atoms with Crippen molar-refractivity contribution in [2.75, 3.05) is 25.1 Å². The molecule has 1 unspecified atom stereocenters. The molecule has 2 N–H and O–H groups in total. The van der Waals surface area contributed by atoms with Crippen molar-refractivity contribution in [1.82, 2.24) is 4.90 Å².